The number of fused-ring (bicyclic) bond motifs is 1. The molecular weight excluding hydrogens is 1050 g/mol. The molecule has 0 aromatic carbocycles. The van der Waals surface area contributed by atoms with E-state index in [1.165, 1.54) is 0 Å². The van der Waals surface area contributed by atoms with Crippen molar-refractivity contribution in [1.82, 2.24) is 0 Å². The van der Waals surface area contributed by atoms with Gasteiger partial charge in [-0.2, -0.15) is 0 Å². The lowest BCUT2D eigenvalue weighted by atomic mass is 9.42. The van der Waals surface area contributed by atoms with E-state index < -0.39 is 215 Å². The second kappa shape index (κ2) is 26.6. The number of aliphatic hydroxyl groups is 17. The number of unbranched alkanes of at least 4 members (excludes halogenated alkanes) is 1. The van der Waals surface area contributed by atoms with E-state index in [1.54, 1.807) is 6.92 Å². The van der Waals surface area contributed by atoms with E-state index in [0.29, 0.717) is 44.9 Å². The Morgan fingerprint density at radius 3 is 1.37 bits per heavy atom. The average molecular weight is 1140 g/mol. The lowest BCUT2D eigenvalue weighted by molar-refractivity contribution is -0.389. The van der Waals surface area contributed by atoms with Crippen molar-refractivity contribution in [3.8, 4) is 0 Å². The summed E-state index contributed by atoms with van der Waals surface area (Å²) in [5.41, 5.74) is -2.60. The highest BCUT2D eigenvalue weighted by atomic mass is 16.8. The van der Waals surface area contributed by atoms with Crippen molar-refractivity contribution >= 4 is 5.97 Å². The van der Waals surface area contributed by atoms with Crippen LogP contribution >= 0.6 is 0 Å². The van der Waals surface area contributed by atoms with E-state index in [4.69, 9.17) is 47.4 Å². The van der Waals surface area contributed by atoms with Crippen molar-refractivity contribution in [2.45, 2.75) is 239 Å². The first-order valence-corrected chi connectivity index (χ1v) is 27.2. The molecular formula is C50H86O28. The Hall–Kier alpha value is -1.57. The number of aliphatic hydroxyl groups excluding tert-OH is 17. The Morgan fingerprint density at radius 1 is 0.487 bits per heavy atom. The SMILES string of the molecule is CCCC[C@@H]1C(CC)(COC2OC(CO)C(O)C(OC3OC(CO)C(O)C(O)C3O)C2O)CCC2[C@](C)(C(=O)OC3OC(CO)C(O)C(OC4OC(CO)C(O)C(O)C4O)C3OC3OC(CO)C(O)C(O)C3O)CCC[C@]21C. The van der Waals surface area contributed by atoms with E-state index in [-0.39, 0.29) is 12.5 Å². The second-order valence-electron chi connectivity index (χ2n) is 22.8. The van der Waals surface area contributed by atoms with Gasteiger partial charge in [-0.25, -0.2) is 0 Å². The lowest BCUT2D eigenvalue weighted by Crippen LogP contribution is -2.67. The van der Waals surface area contributed by atoms with Gasteiger partial charge < -0.3 is 134 Å². The quantitative estimate of drug-likeness (QED) is 0.0504. The Bertz CT molecular complexity index is 1890. The van der Waals surface area contributed by atoms with Gasteiger partial charge in [0.05, 0.1) is 45.1 Å². The van der Waals surface area contributed by atoms with Crippen molar-refractivity contribution in [3.63, 3.8) is 0 Å². The van der Waals surface area contributed by atoms with E-state index >= 15 is 4.79 Å². The molecule has 454 valence electrons. The average Bonchev–Trinajstić information content (AvgIpc) is 3.60. The molecule has 2 aliphatic carbocycles. The predicted molar refractivity (Wildman–Crippen MR) is 256 cm³/mol. The Balaban J connectivity index is 1.16. The molecule has 0 spiro atoms. The normalized spacial score (nSPS) is 51.2. The van der Waals surface area contributed by atoms with E-state index in [0.717, 1.165) is 12.8 Å². The Kier molecular flexibility index (Phi) is 21.8. The summed E-state index contributed by atoms with van der Waals surface area (Å²) in [5, 5.41) is 181. The zero-order chi connectivity index (χ0) is 57.3. The molecule has 7 rings (SSSR count). The van der Waals surface area contributed by atoms with Gasteiger partial charge in [0.15, 0.2) is 31.3 Å². The van der Waals surface area contributed by atoms with Gasteiger partial charge >= 0.3 is 5.97 Å². The molecule has 17 N–H and O–H groups in total. The maximum absolute atomic E-state index is 15.3. The van der Waals surface area contributed by atoms with Crippen LogP contribution in [0, 0.1) is 28.1 Å². The molecule has 5 aliphatic heterocycles. The summed E-state index contributed by atoms with van der Waals surface area (Å²) >= 11 is 0. The highest BCUT2D eigenvalue weighted by molar-refractivity contribution is 5.77. The molecule has 78 heavy (non-hydrogen) atoms. The third kappa shape index (κ3) is 12.2. The van der Waals surface area contributed by atoms with E-state index in [9.17, 15) is 86.8 Å². The minimum atomic E-state index is -2.05. The van der Waals surface area contributed by atoms with Crippen LogP contribution in [0.4, 0.5) is 0 Å². The van der Waals surface area contributed by atoms with Gasteiger partial charge in [0.1, 0.15) is 116 Å². The summed E-state index contributed by atoms with van der Waals surface area (Å²) in [6, 6.07) is 0. The van der Waals surface area contributed by atoms with Crippen molar-refractivity contribution in [3.05, 3.63) is 0 Å². The molecule has 5 heterocycles. The summed E-state index contributed by atoms with van der Waals surface area (Å²) in [7, 11) is 0. The van der Waals surface area contributed by atoms with Crippen LogP contribution in [0.15, 0.2) is 0 Å². The fourth-order valence-corrected chi connectivity index (χ4v) is 13.6. The molecule has 30 atom stereocenters. The zero-order valence-electron chi connectivity index (χ0n) is 44.3. The van der Waals surface area contributed by atoms with Crippen molar-refractivity contribution in [2.24, 2.45) is 28.1 Å². The molecule has 28 heteroatoms. The summed E-state index contributed by atoms with van der Waals surface area (Å²) in [5.74, 6) is -1.42. The van der Waals surface area contributed by atoms with Crippen molar-refractivity contribution in [1.29, 1.82) is 0 Å². The maximum atomic E-state index is 15.3. The molecule has 0 aromatic heterocycles. The van der Waals surface area contributed by atoms with Crippen molar-refractivity contribution in [2.75, 3.05) is 39.6 Å². The van der Waals surface area contributed by atoms with E-state index in [2.05, 4.69) is 6.92 Å². The molecule has 2 saturated carbocycles. The molecule has 0 amide bonds. The molecule has 5 saturated heterocycles. The number of hydrogen-bond donors (Lipinski definition) is 17. The number of carbonyl (C=O) groups excluding carboxylic acids is 1. The summed E-state index contributed by atoms with van der Waals surface area (Å²) in [6.07, 6.45) is -39.4. The van der Waals surface area contributed by atoms with Crippen LogP contribution in [0.25, 0.3) is 0 Å². The van der Waals surface area contributed by atoms with Crippen LogP contribution < -0.4 is 0 Å². The second-order valence-corrected chi connectivity index (χ2v) is 22.8. The van der Waals surface area contributed by atoms with Crippen LogP contribution in [0.3, 0.4) is 0 Å². The van der Waals surface area contributed by atoms with Gasteiger partial charge in [0.2, 0.25) is 6.29 Å². The maximum Gasteiger partial charge on any atom is 0.314 e. The number of hydrogen-bond acceptors (Lipinski definition) is 28. The summed E-state index contributed by atoms with van der Waals surface area (Å²) < 4.78 is 59.4. The summed E-state index contributed by atoms with van der Waals surface area (Å²) in [6.45, 7) is 3.67. The number of esters is 1. The molecule has 7 fully saturated rings. The predicted octanol–water partition coefficient (Wildman–Crippen LogP) is -6.57. The Morgan fingerprint density at radius 2 is 0.910 bits per heavy atom. The van der Waals surface area contributed by atoms with Gasteiger partial charge in [-0.05, 0) is 68.1 Å². The van der Waals surface area contributed by atoms with Gasteiger partial charge in [-0.3, -0.25) is 4.79 Å². The number of rotatable bonds is 20. The minimum absolute atomic E-state index is 0.0301. The number of ether oxygens (including phenoxy) is 10. The molecule has 0 radical (unpaired) electrons. The highest BCUT2D eigenvalue weighted by Gasteiger charge is 2.64. The topological polar surface area (TPSA) is 453 Å². The monoisotopic (exact) mass is 1130 g/mol. The zero-order valence-corrected chi connectivity index (χ0v) is 44.3. The first-order chi connectivity index (χ1) is 36.9. The Labute approximate surface area is 450 Å². The standard InChI is InChI=1S/C50H86O28/c1-5-7-9-26-48(3)11-8-12-49(4,25(48)10-13-50(26,6-2)19-69-42-38(67)39(30(59)23(17-54)70-42)75-43-35(64)32(61)27(56)20(14-51)71-43)47(68)78-46-41(77-45-37(66)34(63)29(58)22(16-53)73-45)40(31(60)24(18-55)74-46)76-44-36(65)33(62)28(57)21(15-52)72-44/h20-46,51-67H,5-19H2,1-4H3/t20?,21?,22?,23?,24?,25?,26-,27?,28?,29?,30?,31?,32?,33?,34?,35?,36?,37?,38?,39?,40?,41?,42?,43?,44?,45?,46?,48+,49+,50?/m0/s1. The molecule has 7 aliphatic rings. The smallest absolute Gasteiger partial charge is 0.314 e. The lowest BCUT2D eigenvalue weighted by Gasteiger charge is -2.63. The molecule has 0 aromatic rings. The number of carbonyl (C=O) groups is 1. The fraction of sp³-hybridized carbons (Fsp3) is 0.980. The van der Waals surface area contributed by atoms with Gasteiger partial charge in [-0.15, -0.1) is 0 Å². The third-order valence-corrected chi connectivity index (χ3v) is 18.3. The first kappa shape index (κ1) is 64.0. The molecule has 27 unspecified atom stereocenters. The van der Waals surface area contributed by atoms with Gasteiger partial charge in [0.25, 0.3) is 0 Å². The van der Waals surface area contributed by atoms with Crippen molar-refractivity contribution < 1.29 is 139 Å². The van der Waals surface area contributed by atoms with Crippen LogP contribution in [0.5, 0.6) is 0 Å². The van der Waals surface area contributed by atoms with Crippen LogP contribution in [0.2, 0.25) is 0 Å². The van der Waals surface area contributed by atoms with Crippen LogP contribution in [-0.4, -0.2) is 286 Å². The summed E-state index contributed by atoms with van der Waals surface area (Å²) in [4.78, 5) is 15.3. The van der Waals surface area contributed by atoms with Gasteiger partial charge in [0, 0.05) is 0 Å². The molecule has 0 bridgehead atoms. The van der Waals surface area contributed by atoms with Gasteiger partial charge in [-0.1, -0.05) is 40.0 Å². The first-order valence-electron chi connectivity index (χ1n) is 27.2. The fourth-order valence-electron chi connectivity index (χ4n) is 13.6. The van der Waals surface area contributed by atoms with E-state index in [1.807, 2.05) is 13.8 Å². The third-order valence-electron chi connectivity index (χ3n) is 18.3. The minimum Gasteiger partial charge on any atom is -0.432 e. The van der Waals surface area contributed by atoms with Crippen LogP contribution in [0.1, 0.15) is 85.5 Å². The largest absolute Gasteiger partial charge is 0.432 e. The molecule has 28 nitrogen and oxygen atoms in total. The van der Waals surface area contributed by atoms with Crippen LogP contribution in [-0.2, 0) is 52.2 Å². The highest BCUT2D eigenvalue weighted by Crippen LogP contribution is 2.66.